The molecule has 0 bridgehead atoms. The molecule has 0 fully saturated rings. The van der Waals surface area contributed by atoms with Crippen LogP contribution >= 0.6 is 8.25 Å². The highest BCUT2D eigenvalue weighted by molar-refractivity contribution is 7.33. The number of esters is 2. The summed E-state index contributed by atoms with van der Waals surface area (Å²) in [5.74, 6) is -0.801. The Hall–Kier alpha value is -1.20. The van der Waals surface area contributed by atoms with Gasteiger partial charge in [-0.3, -0.25) is 9.59 Å². The minimum absolute atomic E-state index is 0.0786. The lowest BCUT2D eigenvalue weighted by Gasteiger charge is -2.16. The van der Waals surface area contributed by atoms with E-state index in [1.165, 1.54) is 122 Å². The van der Waals surface area contributed by atoms with Gasteiger partial charge in [-0.1, -0.05) is 175 Å². The van der Waals surface area contributed by atoms with E-state index in [4.69, 9.17) is 28.3 Å². The van der Waals surface area contributed by atoms with E-state index in [1.807, 2.05) is 6.92 Å². The van der Waals surface area contributed by atoms with E-state index < -0.39 is 32.5 Å². The predicted molar refractivity (Wildman–Crippen MR) is 215 cm³/mol. The number of rotatable bonds is 43. The van der Waals surface area contributed by atoms with Crippen LogP contribution in [0.1, 0.15) is 207 Å². The first kappa shape index (κ1) is 52.8. The Morgan fingerprint density at radius 2 is 0.907 bits per heavy atom. The third kappa shape index (κ3) is 39.1. The average Bonchev–Trinajstić information content (AvgIpc) is 3.16. The Kier molecular flexibility index (Phi) is 40.5. The monoisotopic (exact) mass is 794 g/mol. The molecule has 0 rings (SSSR count). The molecule has 0 aliphatic carbocycles. The molecule has 0 amide bonds. The van der Waals surface area contributed by atoms with Gasteiger partial charge in [0.2, 0.25) is 0 Å². The van der Waals surface area contributed by atoms with Crippen LogP contribution in [0.15, 0.2) is 0 Å². The summed E-state index contributed by atoms with van der Waals surface area (Å²) in [7, 11) is -2.77. The van der Waals surface area contributed by atoms with Crippen molar-refractivity contribution in [3.63, 3.8) is 0 Å². The van der Waals surface area contributed by atoms with Crippen molar-refractivity contribution in [2.24, 2.45) is 0 Å². The first-order valence-corrected chi connectivity index (χ1v) is 23.1. The third-order valence-corrected chi connectivity index (χ3v) is 10.1. The standard InChI is InChI=1S/C42H82O11P/c1-4-7-9-11-13-15-17-19-21-23-25-27-29-31-41(45)49-36-40(37-51-54(47)53-50-35-39(44)34-48-33-38(43)6-3)52-42(46)32-30-28-26-24-22-20-18-16-14-12-10-8-5-2/h38-40,43-44H,4-37H2,1-3H3/q+1. The summed E-state index contributed by atoms with van der Waals surface area (Å²) >= 11 is 0. The zero-order valence-corrected chi connectivity index (χ0v) is 35.7. The number of hydrogen-bond donors (Lipinski definition) is 2. The van der Waals surface area contributed by atoms with E-state index in [1.54, 1.807) is 0 Å². The zero-order valence-electron chi connectivity index (χ0n) is 34.8. The lowest BCUT2D eigenvalue weighted by molar-refractivity contribution is -0.230. The summed E-state index contributed by atoms with van der Waals surface area (Å²) in [5.41, 5.74) is 0. The molecule has 0 aliphatic heterocycles. The minimum Gasteiger partial charge on any atom is -0.462 e. The highest BCUT2D eigenvalue weighted by Crippen LogP contribution is 2.25. The lowest BCUT2D eigenvalue weighted by Crippen LogP contribution is -2.29. The molecule has 54 heavy (non-hydrogen) atoms. The highest BCUT2D eigenvalue weighted by Gasteiger charge is 2.28. The normalized spacial score (nSPS) is 13.5. The van der Waals surface area contributed by atoms with Crippen LogP contribution in [0, 0.1) is 0 Å². The van der Waals surface area contributed by atoms with E-state index in [0.717, 1.165) is 38.5 Å². The molecule has 0 radical (unpaired) electrons. The number of carbonyl (C=O) groups is 2. The molecular weight excluding hydrogens is 711 g/mol. The van der Waals surface area contributed by atoms with Crippen LogP contribution in [0.5, 0.6) is 0 Å². The van der Waals surface area contributed by atoms with Gasteiger partial charge in [0.25, 0.3) is 0 Å². The molecule has 0 saturated heterocycles. The van der Waals surface area contributed by atoms with Crippen LogP contribution in [-0.4, -0.2) is 73.5 Å². The van der Waals surface area contributed by atoms with Crippen molar-refractivity contribution in [1.82, 2.24) is 0 Å². The third-order valence-electron chi connectivity index (χ3n) is 9.53. The molecule has 0 aromatic heterocycles. The highest BCUT2D eigenvalue weighted by atomic mass is 31.1. The van der Waals surface area contributed by atoms with Crippen molar-refractivity contribution in [2.45, 2.75) is 225 Å². The van der Waals surface area contributed by atoms with Crippen LogP contribution in [0.3, 0.4) is 0 Å². The summed E-state index contributed by atoms with van der Waals surface area (Å²) in [5, 5.41) is 19.4. The number of aliphatic hydroxyl groups is 2. The van der Waals surface area contributed by atoms with Gasteiger partial charge < -0.3 is 24.4 Å². The molecule has 320 valence electrons. The molecule has 0 heterocycles. The van der Waals surface area contributed by atoms with Crippen LogP contribution in [0.25, 0.3) is 0 Å². The second-order valence-corrected chi connectivity index (χ2v) is 15.8. The van der Waals surface area contributed by atoms with Gasteiger partial charge in [-0.25, -0.2) is 0 Å². The SMILES string of the molecule is CCCCCCCCCCCCCCCC(=O)OCC(CO[P+](=O)OOCC(O)COCC(O)CC)OC(=O)CCCCCCCCCCCCCCC. The molecule has 4 atom stereocenters. The van der Waals surface area contributed by atoms with Crippen molar-refractivity contribution >= 4 is 20.2 Å². The summed E-state index contributed by atoms with van der Waals surface area (Å²) in [6.45, 7) is 5.41. The number of ether oxygens (including phenoxy) is 3. The Morgan fingerprint density at radius 1 is 0.500 bits per heavy atom. The van der Waals surface area contributed by atoms with Gasteiger partial charge in [-0.2, -0.15) is 4.89 Å². The topological polar surface area (TPSA) is 147 Å². The van der Waals surface area contributed by atoms with Gasteiger partial charge in [0.1, 0.15) is 25.9 Å². The molecule has 11 nitrogen and oxygen atoms in total. The maximum Gasteiger partial charge on any atom is 0.728 e. The molecular formula is C42H82O11P+. The molecule has 0 saturated carbocycles. The molecule has 2 N–H and O–H groups in total. The summed E-state index contributed by atoms with van der Waals surface area (Å²) < 4.78 is 38.3. The van der Waals surface area contributed by atoms with Gasteiger partial charge in [-0.15, -0.1) is 4.52 Å². The fourth-order valence-electron chi connectivity index (χ4n) is 6.02. The van der Waals surface area contributed by atoms with Gasteiger partial charge in [0.05, 0.1) is 24.0 Å². The Bertz CT molecular complexity index is 847. The van der Waals surface area contributed by atoms with E-state index in [0.29, 0.717) is 12.8 Å². The van der Waals surface area contributed by atoms with Gasteiger partial charge in [0, 0.05) is 17.4 Å². The molecule has 0 aliphatic rings. The maximum absolute atomic E-state index is 12.6. The number of aliphatic hydroxyl groups excluding tert-OH is 2. The van der Waals surface area contributed by atoms with Gasteiger partial charge in [-0.05, 0) is 19.3 Å². The maximum atomic E-state index is 12.6. The lowest BCUT2D eigenvalue weighted by atomic mass is 10.0. The second-order valence-electron chi connectivity index (χ2n) is 14.9. The quantitative estimate of drug-likeness (QED) is 0.0200. The van der Waals surface area contributed by atoms with Crippen LogP contribution in [0.2, 0.25) is 0 Å². The zero-order chi connectivity index (χ0) is 39.7. The minimum atomic E-state index is -2.77. The molecule has 0 spiro atoms. The number of carbonyl (C=O) groups excluding carboxylic acids is 2. The van der Waals surface area contributed by atoms with Crippen molar-refractivity contribution in [1.29, 1.82) is 0 Å². The molecule has 12 heteroatoms. The Morgan fingerprint density at radius 3 is 1.35 bits per heavy atom. The smallest absolute Gasteiger partial charge is 0.462 e. The Labute approximate surface area is 330 Å². The predicted octanol–water partition coefficient (Wildman–Crippen LogP) is 11.2. The van der Waals surface area contributed by atoms with Crippen LogP contribution in [-0.2, 0) is 42.5 Å². The molecule has 0 aromatic rings. The van der Waals surface area contributed by atoms with Gasteiger partial charge >= 0.3 is 20.2 Å². The fourth-order valence-corrected chi connectivity index (χ4v) is 6.49. The summed E-state index contributed by atoms with van der Waals surface area (Å²) in [4.78, 5) is 29.9. The van der Waals surface area contributed by atoms with Crippen LogP contribution < -0.4 is 0 Å². The van der Waals surface area contributed by atoms with Crippen molar-refractivity contribution in [2.75, 3.05) is 33.0 Å². The van der Waals surface area contributed by atoms with Crippen molar-refractivity contribution in [3.05, 3.63) is 0 Å². The first-order chi connectivity index (χ1) is 26.3. The van der Waals surface area contributed by atoms with Crippen molar-refractivity contribution in [3.8, 4) is 0 Å². The van der Waals surface area contributed by atoms with E-state index in [-0.39, 0.29) is 51.8 Å². The summed E-state index contributed by atoms with van der Waals surface area (Å²) in [6, 6.07) is 0. The molecule has 4 unspecified atom stereocenters. The fraction of sp³-hybridized carbons (Fsp3) is 0.952. The van der Waals surface area contributed by atoms with E-state index >= 15 is 0 Å². The van der Waals surface area contributed by atoms with Crippen LogP contribution in [0.4, 0.5) is 0 Å². The number of unbranched alkanes of at least 4 members (excludes halogenated alkanes) is 24. The largest absolute Gasteiger partial charge is 0.728 e. The molecule has 0 aromatic carbocycles. The first-order valence-electron chi connectivity index (χ1n) is 22.0. The number of hydrogen-bond acceptors (Lipinski definition) is 11. The summed E-state index contributed by atoms with van der Waals surface area (Å²) in [6.07, 6.45) is 30.0. The van der Waals surface area contributed by atoms with E-state index in [2.05, 4.69) is 13.8 Å². The van der Waals surface area contributed by atoms with E-state index in [9.17, 15) is 24.4 Å². The average molecular weight is 794 g/mol. The Balaban J connectivity index is 4.40. The van der Waals surface area contributed by atoms with Crippen molar-refractivity contribution < 1.29 is 52.7 Å². The second kappa shape index (κ2) is 41.4. The van der Waals surface area contributed by atoms with Gasteiger partial charge in [0.15, 0.2) is 6.10 Å².